The third kappa shape index (κ3) is 4.47. The minimum Gasteiger partial charge on any atom is -0.309 e. The third-order valence-electron chi connectivity index (χ3n) is 9.38. The van der Waals surface area contributed by atoms with Gasteiger partial charge in [0.2, 0.25) is 0 Å². The lowest BCUT2D eigenvalue weighted by Crippen LogP contribution is -2.00. The molecule has 0 aliphatic rings. The molecule has 8 nitrogen and oxygen atoms in total. The van der Waals surface area contributed by atoms with Gasteiger partial charge in [-0.1, -0.05) is 12.1 Å². The summed E-state index contributed by atoms with van der Waals surface area (Å²) in [6.07, 6.45) is 20.6. The van der Waals surface area contributed by atoms with Crippen molar-refractivity contribution in [3.05, 3.63) is 159 Å². The largest absolute Gasteiger partial charge is 0.309 e. The van der Waals surface area contributed by atoms with Crippen molar-refractivity contribution in [1.29, 1.82) is 0 Å². The summed E-state index contributed by atoms with van der Waals surface area (Å²) in [4.78, 5) is 27.0. The van der Waals surface area contributed by atoms with E-state index in [1.807, 2.05) is 86.2 Å². The van der Waals surface area contributed by atoms with Gasteiger partial charge in [0.1, 0.15) is 0 Å². The lowest BCUT2D eigenvalue weighted by Gasteiger charge is -2.17. The first-order chi connectivity index (χ1) is 24.8. The smallest absolute Gasteiger partial charge is 0.0702 e. The normalized spacial score (nSPS) is 11.6. The Bertz CT molecular complexity index is 2580. The predicted molar refractivity (Wildman–Crippen MR) is 198 cm³/mol. The fraction of sp³-hybridized carbons (Fsp3) is 0. The molecule has 0 spiro atoms. The van der Waals surface area contributed by atoms with E-state index in [1.165, 1.54) is 0 Å². The molecule has 10 aromatic rings. The maximum atomic E-state index is 4.72. The molecule has 50 heavy (non-hydrogen) atoms. The lowest BCUT2D eigenvalue weighted by molar-refractivity contribution is 1.13. The van der Waals surface area contributed by atoms with Crippen LogP contribution in [0.5, 0.6) is 0 Å². The highest BCUT2D eigenvalue weighted by Gasteiger charge is 2.18. The third-order valence-corrected chi connectivity index (χ3v) is 9.38. The number of rotatable bonds is 5. The Labute approximate surface area is 286 Å². The number of fused-ring (bicyclic) bond motifs is 6. The number of hydrogen-bond acceptors (Lipinski definition) is 6. The Morgan fingerprint density at radius 3 is 1.30 bits per heavy atom. The number of benzene rings is 2. The van der Waals surface area contributed by atoms with Gasteiger partial charge in [0.25, 0.3) is 0 Å². The molecule has 0 N–H and O–H groups in total. The molecule has 0 aliphatic heterocycles. The van der Waals surface area contributed by atoms with Gasteiger partial charge in [-0.25, -0.2) is 0 Å². The van der Waals surface area contributed by atoms with Crippen LogP contribution in [-0.2, 0) is 0 Å². The second-order valence-corrected chi connectivity index (χ2v) is 12.2. The first-order valence-corrected chi connectivity index (χ1v) is 16.3. The van der Waals surface area contributed by atoms with E-state index in [4.69, 9.17) is 4.98 Å². The van der Waals surface area contributed by atoms with Crippen LogP contribution >= 0.6 is 0 Å². The number of pyridine rings is 6. The van der Waals surface area contributed by atoms with Crippen molar-refractivity contribution in [3.8, 4) is 44.9 Å². The summed E-state index contributed by atoms with van der Waals surface area (Å²) in [6, 6.07) is 31.8. The summed E-state index contributed by atoms with van der Waals surface area (Å²) >= 11 is 0. The van der Waals surface area contributed by atoms with Crippen LogP contribution in [0.25, 0.3) is 88.5 Å². The maximum Gasteiger partial charge on any atom is 0.0702 e. The van der Waals surface area contributed by atoms with Crippen LogP contribution in [-0.4, -0.2) is 39.0 Å². The monoisotopic (exact) mass is 642 g/mol. The zero-order chi connectivity index (χ0) is 33.0. The Morgan fingerprint density at radius 1 is 0.340 bits per heavy atom. The summed E-state index contributed by atoms with van der Waals surface area (Å²) in [7, 11) is 0. The van der Waals surface area contributed by atoms with Crippen LogP contribution in [0.4, 0.5) is 0 Å². The zero-order valence-corrected chi connectivity index (χ0v) is 26.6. The second-order valence-electron chi connectivity index (χ2n) is 12.2. The van der Waals surface area contributed by atoms with Gasteiger partial charge in [0.05, 0.1) is 27.8 Å². The fourth-order valence-electron chi connectivity index (χ4n) is 7.17. The van der Waals surface area contributed by atoms with Crippen molar-refractivity contribution in [2.75, 3.05) is 0 Å². The minimum atomic E-state index is 0.903. The highest BCUT2D eigenvalue weighted by molar-refractivity contribution is 6.10. The van der Waals surface area contributed by atoms with Crippen molar-refractivity contribution in [2.45, 2.75) is 0 Å². The van der Waals surface area contributed by atoms with Gasteiger partial charge in [0, 0.05) is 112 Å². The fourth-order valence-corrected chi connectivity index (χ4v) is 7.17. The molecule has 0 saturated heterocycles. The molecule has 0 atom stereocenters. The van der Waals surface area contributed by atoms with E-state index >= 15 is 0 Å². The molecule has 2 aromatic carbocycles. The van der Waals surface area contributed by atoms with Gasteiger partial charge in [-0.05, 0) is 95.6 Å². The average Bonchev–Trinajstić information content (AvgIpc) is 3.71. The van der Waals surface area contributed by atoms with Crippen molar-refractivity contribution in [2.24, 2.45) is 0 Å². The van der Waals surface area contributed by atoms with Gasteiger partial charge in [-0.2, -0.15) is 0 Å². The first-order valence-electron chi connectivity index (χ1n) is 16.3. The highest BCUT2D eigenvalue weighted by atomic mass is 15.0. The van der Waals surface area contributed by atoms with Gasteiger partial charge in [-0.15, -0.1) is 0 Å². The van der Waals surface area contributed by atoms with Crippen LogP contribution in [0.3, 0.4) is 0 Å². The van der Waals surface area contributed by atoms with Crippen molar-refractivity contribution in [1.82, 2.24) is 39.0 Å². The average molecular weight is 643 g/mol. The summed E-state index contributed by atoms with van der Waals surface area (Å²) in [5, 5.41) is 4.19. The van der Waals surface area contributed by atoms with E-state index in [0.29, 0.717) is 0 Å². The summed E-state index contributed by atoms with van der Waals surface area (Å²) in [5.74, 6) is 0. The molecule has 0 radical (unpaired) electrons. The van der Waals surface area contributed by atoms with Gasteiger partial charge in [0.15, 0.2) is 0 Å². The topological polar surface area (TPSA) is 87.2 Å². The Kier molecular flexibility index (Phi) is 6.32. The van der Waals surface area contributed by atoms with E-state index in [1.54, 1.807) is 6.20 Å². The number of hydrogen-bond donors (Lipinski definition) is 0. The Morgan fingerprint density at radius 2 is 0.820 bits per heavy atom. The summed E-state index contributed by atoms with van der Waals surface area (Å²) in [6.45, 7) is 0. The van der Waals surface area contributed by atoms with Crippen molar-refractivity contribution in [3.63, 3.8) is 0 Å². The predicted octanol–water partition coefficient (Wildman–Crippen LogP) is 9.25. The molecular formula is C42H26N8. The van der Waals surface area contributed by atoms with E-state index in [-0.39, 0.29) is 0 Å². The maximum absolute atomic E-state index is 4.72. The van der Waals surface area contributed by atoms with E-state index in [0.717, 1.165) is 88.5 Å². The number of aromatic nitrogens is 8. The SMILES string of the molecule is c1ccc(-c2cc(-c3cccnc3)cc(-c3cc(-n4c5ccncc5c5cnccc54)cc(-n4c5ccncc5c5cnccc54)c3)c2)nc1. The van der Waals surface area contributed by atoms with Gasteiger partial charge in [-0.3, -0.25) is 29.9 Å². The molecule has 0 amide bonds. The summed E-state index contributed by atoms with van der Waals surface area (Å²) in [5.41, 5.74) is 12.4. The van der Waals surface area contributed by atoms with Gasteiger partial charge < -0.3 is 9.13 Å². The zero-order valence-electron chi connectivity index (χ0n) is 26.6. The van der Waals surface area contributed by atoms with Crippen LogP contribution < -0.4 is 0 Å². The van der Waals surface area contributed by atoms with Crippen LogP contribution in [0, 0.1) is 0 Å². The van der Waals surface area contributed by atoms with Crippen LogP contribution in [0.2, 0.25) is 0 Å². The number of nitrogens with zero attached hydrogens (tertiary/aromatic N) is 8. The molecule has 0 bridgehead atoms. The van der Waals surface area contributed by atoms with E-state index < -0.39 is 0 Å². The highest BCUT2D eigenvalue weighted by Crippen LogP contribution is 2.39. The molecule has 8 heterocycles. The molecule has 0 aliphatic carbocycles. The van der Waals surface area contributed by atoms with Crippen LogP contribution in [0.15, 0.2) is 159 Å². The summed E-state index contributed by atoms with van der Waals surface area (Å²) < 4.78 is 4.62. The van der Waals surface area contributed by atoms with E-state index in [2.05, 4.69) is 101 Å². The Hall–Kier alpha value is -7.06. The molecule has 8 aromatic heterocycles. The molecular weight excluding hydrogens is 617 g/mol. The molecule has 0 saturated carbocycles. The molecule has 10 rings (SSSR count). The molecule has 234 valence electrons. The Balaban J connectivity index is 1.31. The lowest BCUT2D eigenvalue weighted by atomic mass is 9.95. The van der Waals surface area contributed by atoms with Crippen LogP contribution in [0.1, 0.15) is 0 Å². The standard InChI is InChI=1S/C42H26N8/c1-2-11-48-38(5-1)31-17-28(27-4-3-10-43-22-27)16-29(18-31)30-19-32(49-39-6-12-44-23-34(39)35-24-45-13-7-40(35)49)21-33(20-30)50-41-8-14-46-25-36(41)37-26-47-15-9-42(37)50/h1-26H. The first kappa shape index (κ1) is 28.0. The molecule has 0 fully saturated rings. The quantitative estimate of drug-likeness (QED) is 0.186. The van der Waals surface area contributed by atoms with E-state index in [9.17, 15) is 0 Å². The minimum absolute atomic E-state index is 0.903. The second kappa shape index (κ2) is 11.3. The van der Waals surface area contributed by atoms with Crippen molar-refractivity contribution >= 4 is 43.6 Å². The van der Waals surface area contributed by atoms with Crippen molar-refractivity contribution < 1.29 is 0 Å². The molecule has 8 heteroatoms. The van der Waals surface area contributed by atoms with Gasteiger partial charge >= 0.3 is 0 Å². The molecule has 0 unspecified atom stereocenters.